The number of aromatic nitrogens is 1. The average molecular weight is 413 g/mol. The lowest BCUT2D eigenvalue weighted by molar-refractivity contribution is -0.137. The Morgan fingerprint density at radius 1 is 1.14 bits per heavy atom. The Balaban J connectivity index is 1.69. The molecule has 1 aromatic carbocycles. The standard InChI is InChI=1S/C22H24N2O4S/c1-16(13-19-5-4-12-29-19)24(14-17-7-9-18(27-2)10-8-17)21(25)15-28-22(26)20-6-3-11-23-20/h3-12,16,23H,13-15H2,1-2H3/t16-/m0/s1. The average Bonchev–Trinajstić information content (AvgIpc) is 3.44. The fourth-order valence-electron chi connectivity index (χ4n) is 2.99. The van der Waals surface area contributed by atoms with Crippen molar-refractivity contribution < 1.29 is 19.1 Å². The van der Waals surface area contributed by atoms with Crippen molar-refractivity contribution in [3.8, 4) is 5.75 Å². The lowest BCUT2D eigenvalue weighted by Gasteiger charge is -2.29. The van der Waals surface area contributed by atoms with E-state index in [0.29, 0.717) is 12.2 Å². The minimum Gasteiger partial charge on any atom is -0.497 e. The van der Waals surface area contributed by atoms with Gasteiger partial charge in [-0.15, -0.1) is 11.3 Å². The first-order valence-electron chi connectivity index (χ1n) is 9.32. The summed E-state index contributed by atoms with van der Waals surface area (Å²) in [5, 5.41) is 2.02. The molecule has 1 N–H and O–H groups in total. The molecule has 0 unspecified atom stereocenters. The van der Waals surface area contributed by atoms with Crippen LogP contribution in [0.25, 0.3) is 0 Å². The number of hydrogen-bond donors (Lipinski definition) is 1. The van der Waals surface area contributed by atoms with E-state index in [4.69, 9.17) is 9.47 Å². The second-order valence-corrected chi connectivity index (χ2v) is 7.69. The van der Waals surface area contributed by atoms with Crippen LogP contribution in [0, 0.1) is 0 Å². The molecule has 2 heterocycles. The summed E-state index contributed by atoms with van der Waals surface area (Å²) in [5.74, 6) is -0.0124. The van der Waals surface area contributed by atoms with Crippen LogP contribution in [0.5, 0.6) is 5.75 Å². The van der Waals surface area contributed by atoms with Crippen molar-refractivity contribution in [2.45, 2.75) is 25.9 Å². The third-order valence-corrected chi connectivity index (χ3v) is 5.48. The smallest absolute Gasteiger partial charge is 0.355 e. The van der Waals surface area contributed by atoms with Crippen LogP contribution in [0.15, 0.2) is 60.1 Å². The van der Waals surface area contributed by atoms with Crippen molar-refractivity contribution in [2.75, 3.05) is 13.7 Å². The zero-order valence-electron chi connectivity index (χ0n) is 16.5. The van der Waals surface area contributed by atoms with Gasteiger partial charge in [-0.2, -0.15) is 0 Å². The maximum absolute atomic E-state index is 12.9. The Hall–Kier alpha value is -3.06. The fourth-order valence-corrected chi connectivity index (χ4v) is 3.82. The van der Waals surface area contributed by atoms with Crippen LogP contribution in [-0.2, 0) is 22.5 Å². The van der Waals surface area contributed by atoms with Crippen molar-refractivity contribution >= 4 is 23.2 Å². The molecule has 1 atom stereocenters. The first kappa shape index (κ1) is 20.7. The number of H-pyrrole nitrogens is 1. The number of thiophene rings is 1. The molecule has 0 aliphatic heterocycles. The number of ether oxygens (including phenoxy) is 2. The van der Waals surface area contributed by atoms with Gasteiger partial charge in [0.05, 0.1) is 7.11 Å². The zero-order valence-corrected chi connectivity index (χ0v) is 17.3. The molecule has 0 saturated carbocycles. The summed E-state index contributed by atoms with van der Waals surface area (Å²) >= 11 is 1.66. The van der Waals surface area contributed by atoms with E-state index in [1.54, 1.807) is 41.7 Å². The first-order valence-corrected chi connectivity index (χ1v) is 10.2. The van der Waals surface area contributed by atoms with Crippen LogP contribution in [0.4, 0.5) is 0 Å². The third kappa shape index (κ3) is 5.71. The summed E-state index contributed by atoms with van der Waals surface area (Å²) < 4.78 is 10.4. The van der Waals surface area contributed by atoms with E-state index in [1.807, 2.05) is 42.6 Å². The highest BCUT2D eigenvalue weighted by molar-refractivity contribution is 7.09. The van der Waals surface area contributed by atoms with Crippen molar-refractivity contribution in [1.82, 2.24) is 9.88 Å². The number of amides is 1. The van der Waals surface area contributed by atoms with Gasteiger partial charge in [0.15, 0.2) is 6.61 Å². The summed E-state index contributed by atoms with van der Waals surface area (Å²) in [5.41, 5.74) is 1.30. The van der Waals surface area contributed by atoms with Crippen LogP contribution in [0.2, 0.25) is 0 Å². The van der Waals surface area contributed by atoms with Crippen LogP contribution in [0.3, 0.4) is 0 Å². The van der Waals surface area contributed by atoms with E-state index in [0.717, 1.165) is 17.7 Å². The monoisotopic (exact) mass is 412 g/mol. The minimum atomic E-state index is -0.543. The molecular formula is C22H24N2O4S. The van der Waals surface area contributed by atoms with Gasteiger partial charge in [0.1, 0.15) is 11.4 Å². The molecule has 1 amide bonds. The van der Waals surface area contributed by atoms with Crippen LogP contribution >= 0.6 is 11.3 Å². The molecule has 6 nitrogen and oxygen atoms in total. The Morgan fingerprint density at radius 2 is 1.93 bits per heavy atom. The number of methoxy groups -OCH3 is 1. The van der Waals surface area contributed by atoms with Crippen molar-refractivity contribution in [1.29, 1.82) is 0 Å². The molecule has 0 aliphatic rings. The van der Waals surface area contributed by atoms with Gasteiger partial charge in [0.25, 0.3) is 5.91 Å². The van der Waals surface area contributed by atoms with Crippen molar-refractivity contribution in [3.63, 3.8) is 0 Å². The van der Waals surface area contributed by atoms with Gasteiger partial charge in [-0.05, 0) is 48.2 Å². The van der Waals surface area contributed by atoms with Crippen molar-refractivity contribution in [2.24, 2.45) is 0 Å². The Morgan fingerprint density at radius 3 is 2.55 bits per heavy atom. The molecule has 0 spiro atoms. The molecule has 0 bridgehead atoms. The van der Waals surface area contributed by atoms with E-state index >= 15 is 0 Å². The molecule has 0 aliphatic carbocycles. The quantitative estimate of drug-likeness (QED) is 0.541. The van der Waals surface area contributed by atoms with Crippen molar-refractivity contribution in [3.05, 3.63) is 76.2 Å². The lowest BCUT2D eigenvalue weighted by Crippen LogP contribution is -2.41. The van der Waals surface area contributed by atoms with Crippen LogP contribution in [0.1, 0.15) is 27.9 Å². The number of esters is 1. The van der Waals surface area contributed by atoms with E-state index in [9.17, 15) is 9.59 Å². The summed E-state index contributed by atoms with van der Waals surface area (Å²) in [6.07, 6.45) is 2.38. The van der Waals surface area contributed by atoms with E-state index < -0.39 is 5.97 Å². The molecule has 0 fully saturated rings. The fraction of sp³-hybridized carbons (Fsp3) is 0.273. The second-order valence-electron chi connectivity index (χ2n) is 6.66. The Kier molecular flexibility index (Phi) is 7.08. The topological polar surface area (TPSA) is 71.6 Å². The predicted molar refractivity (Wildman–Crippen MR) is 112 cm³/mol. The zero-order chi connectivity index (χ0) is 20.6. The first-order chi connectivity index (χ1) is 14.1. The van der Waals surface area contributed by atoms with Gasteiger partial charge >= 0.3 is 5.97 Å². The van der Waals surface area contributed by atoms with E-state index in [-0.39, 0.29) is 18.6 Å². The molecule has 7 heteroatoms. The number of nitrogens with zero attached hydrogens (tertiary/aromatic N) is 1. The summed E-state index contributed by atoms with van der Waals surface area (Å²) in [6.45, 7) is 2.13. The molecule has 3 aromatic rings. The van der Waals surface area contributed by atoms with Crippen LogP contribution < -0.4 is 4.74 Å². The number of rotatable bonds is 9. The van der Waals surface area contributed by atoms with Gasteiger partial charge in [-0.1, -0.05) is 18.2 Å². The molecule has 29 heavy (non-hydrogen) atoms. The summed E-state index contributed by atoms with van der Waals surface area (Å²) in [6, 6.07) is 14.9. The molecule has 2 aromatic heterocycles. The minimum absolute atomic E-state index is 0.0487. The van der Waals surface area contributed by atoms with E-state index in [1.165, 1.54) is 4.88 Å². The highest BCUT2D eigenvalue weighted by Crippen LogP contribution is 2.18. The highest BCUT2D eigenvalue weighted by Gasteiger charge is 2.23. The molecule has 0 saturated heterocycles. The van der Waals surface area contributed by atoms with Gasteiger partial charge in [-0.25, -0.2) is 4.79 Å². The van der Waals surface area contributed by atoms with Gasteiger partial charge < -0.3 is 19.4 Å². The molecule has 3 rings (SSSR count). The van der Waals surface area contributed by atoms with Gasteiger partial charge in [0.2, 0.25) is 0 Å². The van der Waals surface area contributed by atoms with Gasteiger partial charge in [0, 0.05) is 30.1 Å². The maximum Gasteiger partial charge on any atom is 0.355 e. The summed E-state index contributed by atoms with van der Waals surface area (Å²) in [4.78, 5) is 30.7. The Labute approximate surface area is 174 Å². The normalized spacial score (nSPS) is 11.7. The molecular weight excluding hydrogens is 388 g/mol. The SMILES string of the molecule is COc1ccc(CN(C(=O)COC(=O)c2ccc[nH]2)[C@@H](C)Cc2cccs2)cc1. The van der Waals surface area contributed by atoms with Gasteiger partial charge in [-0.3, -0.25) is 4.79 Å². The van der Waals surface area contributed by atoms with Crippen LogP contribution in [-0.4, -0.2) is 41.5 Å². The predicted octanol–water partition coefficient (Wildman–Crippen LogP) is 3.90. The Bertz CT molecular complexity index is 905. The molecule has 0 radical (unpaired) electrons. The lowest BCUT2D eigenvalue weighted by atomic mass is 10.1. The maximum atomic E-state index is 12.9. The summed E-state index contributed by atoms with van der Waals surface area (Å²) in [7, 11) is 1.62. The number of aromatic amines is 1. The van der Waals surface area contributed by atoms with E-state index in [2.05, 4.69) is 11.1 Å². The number of benzene rings is 1. The third-order valence-electron chi connectivity index (χ3n) is 4.59. The molecule has 152 valence electrons. The number of hydrogen-bond acceptors (Lipinski definition) is 5. The highest BCUT2D eigenvalue weighted by atomic mass is 32.1. The number of nitrogens with one attached hydrogen (secondary N) is 1. The number of carbonyl (C=O) groups excluding carboxylic acids is 2. The largest absolute Gasteiger partial charge is 0.497 e. The number of carbonyl (C=O) groups is 2. The second kappa shape index (κ2) is 9.93.